The van der Waals surface area contributed by atoms with E-state index in [0.29, 0.717) is 5.56 Å². The molecule has 0 amide bonds. The maximum atomic E-state index is 11.8. The molecule has 0 aromatic heterocycles. The summed E-state index contributed by atoms with van der Waals surface area (Å²) in [5, 5.41) is 8.84. The van der Waals surface area contributed by atoms with E-state index in [2.05, 4.69) is 0 Å². The Balaban J connectivity index is 3.15. The maximum absolute atomic E-state index is 11.8. The van der Waals surface area contributed by atoms with Crippen LogP contribution in [-0.2, 0) is 0 Å². The summed E-state index contributed by atoms with van der Waals surface area (Å²) in [6.45, 7) is 5.52. The topological polar surface area (TPSA) is 63.3 Å². The van der Waals surface area contributed by atoms with E-state index in [0.717, 1.165) is 16.7 Å². The number of rotatable bonds is 3. The van der Waals surface area contributed by atoms with E-state index in [1.54, 1.807) is 0 Å². The van der Waals surface area contributed by atoms with E-state index < -0.39 is 6.04 Å². The van der Waals surface area contributed by atoms with Gasteiger partial charge in [-0.3, -0.25) is 4.79 Å². The van der Waals surface area contributed by atoms with Crippen LogP contribution >= 0.6 is 0 Å². The van der Waals surface area contributed by atoms with Crippen molar-refractivity contribution in [1.29, 1.82) is 0 Å². The lowest BCUT2D eigenvalue weighted by Gasteiger charge is -2.12. The zero-order valence-electron chi connectivity index (χ0n) is 9.37. The summed E-state index contributed by atoms with van der Waals surface area (Å²) in [4.78, 5) is 11.8. The number of aryl methyl sites for hydroxylation is 3. The van der Waals surface area contributed by atoms with Crippen molar-refractivity contribution in [2.75, 3.05) is 6.61 Å². The molecule has 3 N–H and O–H groups in total. The highest BCUT2D eigenvalue weighted by atomic mass is 16.3. The fraction of sp³-hybridized carbons (Fsp3) is 0.417. The number of ketones is 1. The minimum atomic E-state index is -0.814. The second kappa shape index (κ2) is 4.55. The van der Waals surface area contributed by atoms with E-state index in [1.165, 1.54) is 0 Å². The predicted molar refractivity (Wildman–Crippen MR) is 60.0 cm³/mol. The first kappa shape index (κ1) is 11.9. The summed E-state index contributed by atoms with van der Waals surface area (Å²) in [7, 11) is 0. The third-order valence-electron chi connectivity index (χ3n) is 2.64. The summed E-state index contributed by atoms with van der Waals surface area (Å²) >= 11 is 0. The average molecular weight is 207 g/mol. The van der Waals surface area contributed by atoms with E-state index in [1.807, 2.05) is 32.9 Å². The van der Waals surface area contributed by atoms with Gasteiger partial charge in [0.2, 0.25) is 0 Å². The van der Waals surface area contributed by atoms with Crippen molar-refractivity contribution in [2.24, 2.45) is 5.73 Å². The molecule has 0 fully saturated rings. The van der Waals surface area contributed by atoms with Crippen LogP contribution in [0.5, 0.6) is 0 Å². The minimum absolute atomic E-state index is 0.196. The molecule has 0 spiro atoms. The zero-order chi connectivity index (χ0) is 11.6. The first-order chi connectivity index (χ1) is 6.97. The van der Waals surface area contributed by atoms with Crippen LogP contribution in [0.4, 0.5) is 0 Å². The molecule has 1 unspecified atom stereocenters. The zero-order valence-corrected chi connectivity index (χ0v) is 9.37. The van der Waals surface area contributed by atoms with Gasteiger partial charge in [0.15, 0.2) is 5.78 Å². The number of aliphatic hydroxyl groups excluding tert-OH is 1. The van der Waals surface area contributed by atoms with Gasteiger partial charge in [-0.25, -0.2) is 0 Å². The molecule has 1 aromatic carbocycles. The number of hydrogen-bond donors (Lipinski definition) is 2. The number of benzene rings is 1. The number of nitrogens with two attached hydrogens (primary N) is 1. The maximum Gasteiger partial charge on any atom is 0.182 e. The highest BCUT2D eigenvalue weighted by molar-refractivity contribution is 6.01. The smallest absolute Gasteiger partial charge is 0.182 e. The number of carbonyl (C=O) groups is 1. The van der Waals surface area contributed by atoms with E-state index in [4.69, 9.17) is 10.8 Å². The number of hydrogen-bond acceptors (Lipinski definition) is 3. The van der Waals surface area contributed by atoms with Crippen LogP contribution in [-0.4, -0.2) is 23.5 Å². The number of carbonyl (C=O) groups excluding carboxylic acids is 1. The fourth-order valence-corrected chi connectivity index (χ4v) is 1.51. The molecule has 0 aliphatic heterocycles. The van der Waals surface area contributed by atoms with Gasteiger partial charge in [0.05, 0.1) is 12.6 Å². The second-order valence-corrected chi connectivity index (χ2v) is 3.90. The van der Waals surface area contributed by atoms with Crippen LogP contribution in [0.15, 0.2) is 12.1 Å². The van der Waals surface area contributed by atoms with Crippen LogP contribution in [0.3, 0.4) is 0 Å². The lowest BCUT2D eigenvalue weighted by atomic mass is 9.95. The van der Waals surface area contributed by atoms with Crippen LogP contribution < -0.4 is 5.73 Å². The molecule has 0 bridgehead atoms. The molecule has 82 valence electrons. The molecule has 0 aliphatic carbocycles. The Morgan fingerprint density at radius 3 is 2.33 bits per heavy atom. The standard InChI is InChI=1S/C12H17NO2/c1-7-4-9(3)10(5-8(7)2)12(15)11(13)6-14/h4-5,11,14H,6,13H2,1-3H3. The molecular formula is C12H17NO2. The van der Waals surface area contributed by atoms with E-state index in [-0.39, 0.29) is 12.4 Å². The minimum Gasteiger partial charge on any atom is -0.394 e. The molecule has 3 nitrogen and oxygen atoms in total. The molecule has 1 rings (SSSR count). The van der Waals surface area contributed by atoms with Crippen molar-refractivity contribution in [1.82, 2.24) is 0 Å². The van der Waals surface area contributed by atoms with Gasteiger partial charge in [0, 0.05) is 5.56 Å². The fourth-order valence-electron chi connectivity index (χ4n) is 1.51. The van der Waals surface area contributed by atoms with Crippen molar-refractivity contribution in [3.8, 4) is 0 Å². The van der Waals surface area contributed by atoms with Crippen molar-refractivity contribution < 1.29 is 9.90 Å². The van der Waals surface area contributed by atoms with Crippen molar-refractivity contribution in [2.45, 2.75) is 26.8 Å². The number of aliphatic hydroxyl groups is 1. The Labute approximate surface area is 89.9 Å². The normalized spacial score (nSPS) is 12.6. The molecule has 1 atom stereocenters. The van der Waals surface area contributed by atoms with E-state index >= 15 is 0 Å². The van der Waals surface area contributed by atoms with Gasteiger partial charge in [0.1, 0.15) is 0 Å². The van der Waals surface area contributed by atoms with Gasteiger partial charge in [-0.2, -0.15) is 0 Å². The Morgan fingerprint density at radius 2 is 1.80 bits per heavy atom. The summed E-state index contributed by atoms with van der Waals surface area (Å²) in [5.41, 5.74) is 9.24. The summed E-state index contributed by atoms with van der Waals surface area (Å²) in [6.07, 6.45) is 0. The average Bonchev–Trinajstić information content (AvgIpc) is 2.21. The molecule has 1 aromatic rings. The highest BCUT2D eigenvalue weighted by Gasteiger charge is 2.17. The molecule has 0 heterocycles. The Kier molecular flexibility index (Phi) is 3.61. The van der Waals surface area contributed by atoms with Crippen molar-refractivity contribution in [3.63, 3.8) is 0 Å². The molecule has 0 radical (unpaired) electrons. The Hall–Kier alpha value is -1.19. The molecular weight excluding hydrogens is 190 g/mol. The Bertz CT molecular complexity index is 385. The monoisotopic (exact) mass is 207 g/mol. The SMILES string of the molecule is Cc1cc(C)c(C(=O)C(N)CO)cc1C. The van der Waals surface area contributed by atoms with E-state index in [9.17, 15) is 4.79 Å². The van der Waals surface area contributed by atoms with Gasteiger partial charge in [-0.05, 0) is 43.5 Å². The third-order valence-corrected chi connectivity index (χ3v) is 2.64. The molecule has 3 heteroatoms. The Morgan fingerprint density at radius 1 is 1.27 bits per heavy atom. The van der Waals surface area contributed by atoms with Gasteiger partial charge in [0.25, 0.3) is 0 Å². The third kappa shape index (κ3) is 2.43. The highest BCUT2D eigenvalue weighted by Crippen LogP contribution is 2.16. The van der Waals surface area contributed by atoms with Gasteiger partial charge < -0.3 is 10.8 Å². The molecule has 0 saturated carbocycles. The number of Topliss-reactive ketones (excluding diaryl/α,β-unsaturated/α-hetero) is 1. The molecule has 15 heavy (non-hydrogen) atoms. The lowest BCUT2D eigenvalue weighted by Crippen LogP contribution is -2.34. The largest absolute Gasteiger partial charge is 0.394 e. The second-order valence-electron chi connectivity index (χ2n) is 3.90. The lowest BCUT2D eigenvalue weighted by molar-refractivity contribution is 0.0924. The summed E-state index contributed by atoms with van der Waals surface area (Å²) in [6, 6.07) is 2.99. The predicted octanol–water partition coefficient (Wildman–Crippen LogP) is 1.11. The van der Waals surface area contributed by atoms with Gasteiger partial charge >= 0.3 is 0 Å². The summed E-state index contributed by atoms with van der Waals surface area (Å²) in [5.74, 6) is -0.196. The van der Waals surface area contributed by atoms with Crippen LogP contribution in [0.2, 0.25) is 0 Å². The first-order valence-corrected chi connectivity index (χ1v) is 4.96. The molecule has 0 saturated heterocycles. The van der Waals surface area contributed by atoms with Crippen LogP contribution in [0.1, 0.15) is 27.0 Å². The van der Waals surface area contributed by atoms with Crippen molar-refractivity contribution in [3.05, 3.63) is 34.4 Å². The van der Waals surface area contributed by atoms with Gasteiger partial charge in [-0.15, -0.1) is 0 Å². The quantitative estimate of drug-likeness (QED) is 0.730. The van der Waals surface area contributed by atoms with Crippen LogP contribution in [0.25, 0.3) is 0 Å². The first-order valence-electron chi connectivity index (χ1n) is 4.96. The summed E-state index contributed by atoms with van der Waals surface area (Å²) < 4.78 is 0. The molecule has 0 aliphatic rings. The van der Waals surface area contributed by atoms with Crippen molar-refractivity contribution >= 4 is 5.78 Å². The van der Waals surface area contributed by atoms with Gasteiger partial charge in [-0.1, -0.05) is 6.07 Å². The van der Waals surface area contributed by atoms with Crippen LogP contribution in [0, 0.1) is 20.8 Å².